The zero-order valence-corrected chi connectivity index (χ0v) is 17.4. The van der Waals surface area contributed by atoms with E-state index in [-0.39, 0.29) is 24.2 Å². The molecular weight excluding hydrogens is 379 g/mol. The van der Waals surface area contributed by atoms with E-state index < -0.39 is 0 Å². The Balaban J connectivity index is 2.13. The van der Waals surface area contributed by atoms with Crippen LogP contribution in [0.25, 0.3) is 0 Å². The maximum atomic E-state index is 13.2. The molecule has 0 aliphatic carbocycles. The molecule has 7 heteroatoms. The number of halogens is 1. The summed E-state index contributed by atoms with van der Waals surface area (Å²) in [5.74, 6) is -0.583. The monoisotopic (exact) mass is 406 g/mol. The van der Waals surface area contributed by atoms with Crippen LogP contribution in [0.3, 0.4) is 0 Å². The summed E-state index contributed by atoms with van der Waals surface area (Å²) in [6, 6.07) is 8.16. The van der Waals surface area contributed by atoms with Crippen LogP contribution in [0, 0.1) is 12.7 Å². The number of aryl methyl sites for hydroxylation is 1. The molecule has 5 nitrogen and oxygen atoms in total. The SMILES string of the molecule is COCCCN(CC(=O)N(Cc1ccc(F)cc1)Cc1sccc1C)C(C)=O. The third kappa shape index (κ3) is 6.73. The standard InChI is InChI=1S/C21H27FN2O3S/c1-16-9-12-28-20(16)14-24(13-18-5-7-19(22)8-6-18)21(26)15-23(17(2)25)10-4-11-27-3/h5-9,12H,4,10-11,13-15H2,1-3H3. The van der Waals surface area contributed by atoms with Crippen LogP contribution in [0.2, 0.25) is 0 Å². The summed E-state index contributed by atoms with van der Waals surface area (Å²) >= 11 is 1.60. The first-order valence-electron chi connectivity index (χ1n) is 9.20. The number of amides is 2. The number of hydrogen-bond acceptors (Lipinski definition) is 4. The Hall–Kier alpha value is -2.25. The number of hydrogen-bond donors (Lipinski definition) is 0. The third-order valence-electron chi connectivity index (χ3n) is 4.49. The first kappa shape index (κ1) is 22.0. The number of benzene rings is 1. The lowest BCUT2D eigenvalue weighted by Gasteiger charge is -2.27. The van der Waals surface area contributed by atoms with Gasteiger partial charge in [-0.2, -0.15) is 0 Å². The van der Waals surface area contributed by atoms with Crippen molar-refractivity contribution in [1.29, 1.82) is 0 Å². The number of nitrogens with zero attached hydrogens (tertiary/aromatic N) is 2. The maximum Gasteiger partial charge on any atom is 0.242 e. The average Bonchev–Trinajstić information content (AvgIpc) is 3.06. The fourth-order valence-electron chi connectivity index (χ4n) is 2.79. The molecule has 1 aromatic carbocycles. The number of carbonyl (C=O) groups excluding carboxylic acids is 2. The summed E-state index contributed by atoms with van der Waals surface area (Å²) < 4.78 is 18.2. The van der Waals surface area contributed by atoms with Crippen LogP contribution in [0.15, 0.2) is 35.7 Å². The lowest BCUT2D eigenvalue weighted by Crippen LogP contribution is -2.42. The Kier molecular flexibility index (Phi) is 8.60. The molecule has 0 aliphatic heterocycles. The Labute approximate surface area is 169 Å². The fraction of sp³-hybridized carbons (Fsp3) is 0.429. The molecule has 0 saturated carbocycles. The van der Waals surface area contributed by atoms with Gasteiger partial charge < -0.3 is 14.5 Å². The van der Waals surface area contributed by atoms with Gasteiger partial charge in [0.05, 0.1) is 13.1 Å². The number of carbonyl (C=O) groups is 2. The normalized spacial score (nSPS) is 10.7. The van der Waals surface area contributed by atoms with Gasteiger partial charge in [0.15, 0.2) is 0 Å². The number of rotatable bonds is 10. The predicted octanol–water partition coefficient (Wildman–Crippen LogP) is 3.61. The summed E-state index contributed by atoms with van der Waals surface area (Å²) in [4.78, 5) is 29.3. The van der Waals surface area contributed by atoms with Crippen molar-refractivity contribution in [3.8, 4) is 0 Å². The molecule has 0 radical (unpaired) electrons. The van der Waals surface area contributed by atoms with Crippen molar-refractivity contribution in [2.75, 3.05) is 26.8 Å². The lowest BCUT2D eigenvalue weighted by atomic mass is 10.2. The molecular formula is C21H27FN2O3S. The molecule has 0 aliphatic rings. The van der Waals surface area contributed by atoms with E-state index in [4.69, 9.17) is 4.74 Å². The Bertz CT molecular complexity index is 776. The van der Waals surface area contributed by atoms with E-state index in [9.17, 15) is 14.0 Å². The summed E-state index contributed by atoms with van der Waals surface area (Å²) in [6.07, 6.45) is 0.672. The molecule has 0 saturated heterocycles. The minimum absolute atomic E-state index is 0.0185. The fourth-order valence-corrected chi connectivity index (χ4v) is 3.71. The van der Waals surface area contributed by atoms with Gasteiger partial charge in [-0.15, -0.1) is 11.3 Å². The van der Waals surface area contributed by atoms with Gasteiger partial charge in [0.1, 0.15) is 5.82 Å². The maximum absolute atomic E-state index is 13.2. The highest BCUT2D eigenvalue weighted by Crippen LogP contribution is 2.20. The van der Waals surface area contributed by atoms with E-state index in [1.807, 2.05) is 18.4 Å². The molecule has 2 aromatic rings. The number of thiophene rings is 1. The zero-order valence-electron chi connectivity index (χ0n) is 16.6. The first-order chi connectivity index (χ1) is 13.4. The zero-order chi connectivity index (χ0) is 20.5. The largest absolute Gasteiger partial charge is 0.385 e. The van der Waals surface area contributed by atoms with Gasteiger partial charge in [0.2, 0.25) is 11.8 Å². The van der Waals surface area contributed by atoms with Gasteiger partial charge in [-0.25, -0.2) is 4.39 Å². The molecule has 1 aromatic heterocycles. The molecule has 0 N–H and O–H groups in total. The van der Waals surface area contributed by atoms with E-state index in [1.54, 1.807) is 40.4 Å². The summed E-state index contributed by atoms with van der Waals surface area (Å²) in [5, 5.41) is 2.00. The Morgan fingerprint density at radius 3 is 2.39 bits per heavy atom. The van der Waals surface area contributed by atoms with Crippen LogP contribution in [0.4, 0.5) is 4.39 Å². The summed E-state index contributed by atoms with van der Waals surface area (Å²) in [5.41, 5.74) is 1.98. The predicted molar refractivity (Wildman–Crippen MR) is 108 cm³/mol. The van der Waals surface area contributed by atoms with Crippen molar-refractivity contribution < 1.29 is 18.7 Å². The second kappa shape index (κ2) is 10.9. The van der Waals surface area contributed by atoms with Crippen molar-refractivity contribution in [1.82, 2.24) is 9.80 Å². The summed E-state index contributed by atoms with van der Waals surface area (Å²) in [7, 11) is 1.61. The van der Waals surface area contributed by atoms with Crippen LogP contribution >= 0.6 is 11.3 Å². The molecule has 0 atom stereocenters. The number of methoxy groups -OCH3 is 1. The van der Waals surface area contributed by atoms with Crippen LogP contribution in [0.1, 0.15) is 29.3 Å². The third-order valence-corrected chi connectivity index (χ3v) is 5.50. The van der Waals surface area contributed by atoms with Crippen molar-refractivity contribution in [3.05, 3.63) is 57.5 Å². The lowest BCUT2D eigenvalue weighted by molar-refractivity contribution is -0.140. The van der Waals surface area contributed by atoms with Crippen LogP contribution in [-0.2, 0) is 27.4 Å². The highest BCUT2D eigenvalue weighted by molar-refractivity contribution is 7.10. The average molecular weight is 407 g/mol. The van der Waals surface area contributed by atoms with Gasteiger partial charge in [-0.3, -0.25) is 9.59 Å². The van der Waals surface area contributed by atoms with Gasteiger partial charge in [-0.1, -0.05) is 12.1 Å². The molecule has 0 spiro atoms. The van der Waals surface area contributed by atoms with E-state index >= 15 is 0 Å². The second-order valence-electron chi connectivity index (χ2n) is 6.69. The first-order valence-corrected chi connectivity index (χ1v) is 10.1. The van der Waals surface area contributed by atoms with Crippen LogP contribution in [0.5, 0.6) is 0 Å². The molecule has 2 amide bonds. The van der Waals surface area contributed by atoms with Crippen molar-refractivity contribution in [2.45, 2.75) is 33.4 Å². The van der Waals surface area contributed by atoms with Gasteiger partial charge in [-0.05, 0) is 48.1 Å². The number of ether oxygens (including phenoxy) is 1. The molecule has 0 bridgehead atoms. The molecule has 2 rings (SSSR count). The van der Waals surface area contributed by atoms with Gasteiger partial charge >= 0.3 is 0 Å². The van der Waals surface area contributed by atoms with Crippen LogP contribution < -0.4 is 0 Å². The van der Waals surface area contributed by atoms with Gasteiger partial charge in [0.25, 0.3) is 0 Å². The van der Waals surface area contributed by atoms with Crippen molar-refractivity contribution in [3.63, 3.8) is 0 Å². The highest BCUT2D eigenvalue weighted by atomic mass is 32.1. The quantitative estimate of drug-likeness (QED) is 0.567. The molecule has 28 heavy (non-hydrogen) atoms. The molecule has 1 heterocycles. The van der Waals surface area contributed by atoms with Crippen LogP contribution in [-0.4, -0.2) is 48.4 Å². The van der Waals surface area contributed by atoms with Gasteiger partial charge in [0, 0.05) is 38.6 Å². The second-order valence-corrected chi connectivity index (χ2v) is 7.69. The Morgan fingerprint density at radius 2 is 1.82 bits per heavy atom. The minimum atomic E-state index is -0.309. The summed E-state index contributed by atoms with van der Waals surface area (Å²) in [6.45, 7) is 5.32. The highest BCUT2D eigenvalue weighted by Gasteiger charge is 2.20. The Morgan fingerprint density at radius 1 is 1.11 bits per heavy atom. The molecule has 0 fully saturated rings. The molecule has 152 valence electrons. The smallest absolute Gasteiger partial charge is 0.242 e. The topological polar surface area (TPSA) is 49.9 Å². The van der Waals surface area contributed by atoms with E-state index in [2.05, 4.69) is 0 Å². The van der Waals surface area contributed by atoms with E-state index in [0.717, 1.165) is 16.0 Å². The van der Waals surface area contributed by atoms with Crippen molar-refractivity contribution in [2.24, 2.45) is 0 Å². The van der Waals surface area contributed by atoms with Crippen molar-refractivity contribution >= 4 is 23.2 Å². The van der Waals surface area contributed by atoms with E-state index in [1.165, 1.54) is 19.1 Å². The molecule has 0 unspecified atom stereocenters. The van der Waals surface area contributed by atoms with E-state index in [0.29, 0.717) is 32.7 Å². The minimum Gasteiger partial charge on any atom is -0.385 e.